The Bertz CT molecular complexity index is 698. The molecule has 10 heteroatoms. The number of halogens is 1. The second-order valence-corrected chi connectivity index (χ2v) is 14.0. The molecule has 2 fully saturated rings. The van der Waals surface area contributed by atoms with Gasteiger partial charge in [-0.2, -0.15) is 0 Å². The lowest BCUT2D eigenvalue weighted by atomic mass is 10.1. The van der Waals surface area contributed by atoms with E-state index in [1.807, 2.05) is 38.1 Å². The lowest BCUT2D eigenvalue weighted by Crippen LogP contribution is -2.37. The maximum absolute atomic E-state index is 13.6. The van der Waals surface area contributed by atoms with Crippen LogP contribution in [0.25, 0.3) is 0 Å². The van der Waals surface area contributed by atoms with Crippen LogP contribution >= 0.6 is 19.7 Å². The summed E-state index contributed by atoms with van der Waals surface area (Å²) in [4.78, 5) is 24.6. The van der Waals surface area contributed by atoms with Crippen molar-refractivity contribution in [2.75, 3.05) is 72.4 Å². The van der Waals surface area contributed by atoms with Crippen LogP contribution < -0.4 is 5.48 Å². The number of rotatable bonds is 15. The molecule has 2 heterocycles. The zero-order valence-electron chi connectivity index (χ0n) is 26.5. The van der Waals surface area contributed by atoms with Gasteiger partial charge in [-0.25, -0.2) is 9.87 Å². The summed E-state index contributed by atoms with van der Waals surface area (Å²) in [5, 5.41) is 0.582. The highest BCUT2D eigenvalue weighted by molar-refractivity contribution is 8.12. The average molecular weight is 605 g/mol. The van der Waals surface area contributed by atoms with Gasteiger partial charge in [0.1, 0.15) is 11.9 Å². The number of thioether (sulfide) groups is 1. The Kier molecular flexibility index (Phi) is 25.6. The minimum atomic E-state index is -0.296. The second-order valence-electron chi connectivity index (χ2n) is 10.5. The highest BCUT2D eigenvalue weighted by Gasteiger charge is 2.19. The second kappa shape index (κ2) is 26.0. The quantitative estimate of drug-likeness (QED) is 0.0593. The summed E-state index contributed by atoms with van der Waals surface area (Å²) in [5.41, 5.74) is 4.75. The van der Waals surface area contributed by atoms with Gasteiger partial charge in [0.25, 0.3) is 0 Å². The van der Waals surface area contributed by atoms with Gasteiger partial charge in [-0.05, 0) is 78.5 Å². The Morgan fingerprint density at radius 2 is 1.80 bits per heavy atom. The van der Waals surface area contributed by atoms with Gasteiger partial charge in [-0.3, -0.25) is 9.79 Å². The van der Waals surface area contributed by atoms with Gasteiger partial charge in [0.2, 0.25) is 0 Å². The smallest absolute Gasteiger partial charge is 0.141 e. The third kappa shape index (κ3) is 22.0. The fourth-order valence-electron chi connectivity index (χ4n) is 3.91. The number of aliphatic imine (C=N–C) groups is 1. The van der Waals surface area contributed by atoms with E-state index in [9.17, 15) is 9.18 Å². The molecule has 0 bridgehead atoms. The number of nitrogens with one attached hydrogen (secondary N) is 1. The van der Waals surface area contributed by atoms with Crippen LogP contribution in [0.2, 0.25) is 0 Å². The van der Waals surface area contributed by atoms with Crippen molar-refractivity contribution in [1.82, 2.24) is 15.3 Å². The van der Waals surface area contributed by atoms with Crippen LogP contribution in [-0.4, -0.2) is 111 Å². The molecule has 2 saturated heterocycles. The molecular weight excluding hydrogens is 546 g/mol. The number of ether oxygens (including phenoxy) is 1. The molecule has 2 rings (SSSR count). The lowest BCUT2D eigenvalue weighted by Gasteiger charge is -2.31. The molecule has 0 amide bonds. The Morgan fingerprint density at radius 3 is 2.38 bits per heavy atom. The van der Waals surface area contributed by atoms with Crippen molar-refractivity contribution in [2.45, 2.75) is 78.2 Å². The first-order chi connectivity index (χ1) is 19.2. The molecule has 2 aliphatic rings. The standard InChI is InChI=1S/C16H29FN2O2.C12H23N2OPS.C2H6/c1-14(13-18-20-3)6-7-15(17)5-4-12-21-16-8-10-19(2)11-9-16;1-11(2)13-9-17-12(3)8-14-4-6-16(10-15)7-5-14;1-2/h4-5,7,14,16,18H,6,8-13H2,1-3H3;9-12H,4-8H2,1-3H3;1-2H3/b5-4-,15-7+;;. The topological polar surface area (TPSA) is 66.4 Å². The zero-order valence-corrected chi connectivity index (χ0v) is 28.2. The summed E-state index contributed by atoms with van der Waals surface area (Å²) >= 11 is 1.81. The maximum Gasteiger partial charge on any atom is 0.141 e. The lowest BCUT2D eigenvalue weighted by molar-refractivity contribution is 0.0279. The molecule has 0 aromatic rings. The summed E-state index contributed by atoms with van der Waals surface area (Å²) in [6.45, 7) is 19.1. The number of carbonyl (C=O) groups is 1. The van der Waals surface area contributed by atoms with Crippen LogP contribution in [0.5, 0.6) is 0 Å². The third-order valence-corrected chi connectivity index (χ3v) is 9.09. The Balaban J connectivity index is 0.000000730. The van der Waals surface area contributed by atoms with Crippen LogP contribution in [0.3, 0.4) is 0 Å². The highest BCUT2D eigenvalue weighted by atomic mass is 32.2. The molecule has 7 nitrogen and oxygen atoms in total. The van der Waals surface area contributed by atoms with E-state index >= 15 is 0 Å². The number of hydroxylamine groups is 1. The minimum Gasteiger partial charge on any atom is -0.374 e. The van der Waals surface area contributed by atoms with Gasteiger partial charge in [-0.1, -0.05) is 33.8 Å². The van der Waals surface area contributed by atoms with E-state index < -0.39 is 0 Å². The van der Waals surface area contributed by atoms with Gasteiger partial charge in [0, 0.05) is 50.6 Å². The van der Waals surface area contributed by atoms with Gasteiger partial charge >= 0.3 is 0 Å². The summed E-state index contributed by atoms with van der Waals surface area (Å²) < 4.78 is 19.3. The number of hydrogen-bond acceptors (Lipinski definition) is 8. The predicted octanol–water partition coefficient (Wildman–Crippen LogP) is 6.24. The minimum absolute atomic E-state index is 0.203. The van der Waals surface area contributed by atoms with Crippen LogP contribution in [0.1, 0.15) is 60.8 Å². The first-order valence-corrected chi connectivity index (χ1v) is 17.6. The molecule has 2 atom stereocenters. The number of allylic oxidation sites excluding steroid dienone is 3. The van der Waals surface area contributed by atoms with Gasteiger partial charge in [0.15, 0.2) is 0 Å². The van der Waals surface area contributed by atoms with Crippen LogP contribution in [0.4, 0.5) is 4.39 Å². The number of nitrogens with zero attached hydrogens (tertiary/aromatic N) is 3. The van der Waals surface area contributed by atoms with Crippen molar-refractivity contribution < 1.29 is 18.8 Å². The molecule has 0 aromatic carbocycles. The summed E-state index contributed by atoms with van der Waals surface area (Å²) in [6, 6.07) is 1.57. The van der Waals surface area contributed by atoms with Crippen molar-refractivity contribution >= 4 is 31.3 Å². The number of likely N-dealkylation sites (tertiary alicyclic amines) is 1. The number of piperidine rings is 1. The maximum atomic E-state index is 13.6. The van der Waals surface area contributed by atoms with E-state index in [0.717, 1.165) is 57.9 Å². The molecule has 2 aliphatic heterocycles. The van der Waals surface area contributed by atoms with E-state index in [4.69, 9.17) is 9.57 Å². The molecular formula is C30H58FN4O3PS. The largest absolute Gasteiger partial charge is 0.374 e. The first kappa shape index (κ1) is 39.3. The van der Waals surface area contributed by atoms with Gasteiger partial charge in [-0.15, -0.1) is 11.8 Å². The molecule has 234 valence electrons. The number of carbonyl (C=O) groups excluding carboxylic acids is 1. The predicted molar refractivity (Wildman–Crippen MR) is 175 cm³/mol. The van der Waals surface area contributed by atoms with Crippen molar-refractivity contribution in [3.63, 3.8) is 0 Å². The van der Waals surface area contributed by atoms with Crippen molar-refractivity contribution in [3.8, 4) is 0 Å². The molecule has 0 saturated carbocycles. The molecule has 0 spiro atoms. The fourth-order valence-corrected chi connectivity index (χ4v) is 6.25. The van der Waals surface area contributed by atoms with Gasteiger partial charge in [0.05, 0.1) is 25.4 Å². The summed E-state index contributed by atoms with van der Waals surface area (Å²) in [7, 11) is 3.41. The highest BCUT2D eigenvalue weighted by Crippen LogP contribution is 2.34. The van der Waals surface area contributed by atoms with Crippen molar-refractivity contribution in [2.24, 2.45) is 10.9 Å². The Labute approximate surface area is 250 Å². The van der Waals surface area contributed by atoms with E-state index in [2.05, 4.69) is 48.1 Å². The van der Waals surface area contributed by atoms with Crippen LogP contribution in [0, 0.1) is 5.92 Å². The number of hydrogen-bond donors (Lipinski definition) is 1. The van der Waals surface area contributed by atoms with Gasteiger partial charge < -0.3 is 19.4 Å². The van der Waals surface area contributed by atoms with E-state index in [0.29, 0.717) is 42.9 Å². The molecule has 2 unspecified atom stereocenters. The van der Waals surface area contributed by atoms with Crippen LogP contribution in [-0.2, 0) is 14.4 Å². The molecule has 0 aliphatic carbocycles. The molecule has 40 heavy (non-hydrogen) atoms. The molecule has 0 aromatic heterocycles. The summed E-state index contributed by atoms with van der Waals surface area (Å²) in [6.07, 6.45) is 10.2. The summed E-state index contributed by atoms with van der Waals surface area (Å²) in [5.74, 6) is 0.130. The zero-order chi connectivity index (χ0) is 30.2. The van der Waals surface area contributed by atoms with E-state index in [1.54, 1.807) is 19.3 Å². The molecule has 1 N–H and O–H groups in total. The molecule has 0 radical (unpaired) electrons. The SMILES string of the molecule is CC.CC(C)N=CSC(C)CN1CCP(C=O)CC1.CONCC(C)C/C=C(F)\C=C/COC1CCN(C)CC1. The van der Waals surface area contributed by atoms with E-state index in [1.165, 1.54) is 12.1 Å². The van der Waals surface area contributed by atoms with E-state index in [-0.39, 0.29) is 13.7 Å². The van der Waals surface area contributed by atoms with Crippen molar-refractivity contribution in [3.05, 3.63) is 24.1 Å². The van der Waals surface area contributed by atoms with Crippen LogP contribution in [0.15, 0.2) is 29.0 Å². The first-order valence-electron chi connectivity index (χ1n) is 14.9. The normalized spacial score (nSPS) is 19.8. The fraction of sp³-hybridized carbons (Fsp3) is 0.800. The average Bonchev–Trinajstić information content (AvgIpc) is 2.95. The monoisotopic (exact) mass is 604 g/mol. The Morgan fingerprint density at radius 1 is 1.15 bits per heavy atom. The third-order valence-electron chi connectivity index (χ3n) is 6.39. The van der Waals surface area contributed by atoms with Crippen molar-refractivity contribution in [1.29, 1.82) is 0 Å². The Hall–Kier alpha value is -0.670.